The van der Waals surface area contributed by atoms with Gasteiger partial charge < -0.3 is 4.90 Å². The van der Waals surface area contributed by atoms with Gasteiger partial charge in [0.15, 0.2) is 0 Å². The minimum atomic E-state index is -0.516. The zero-order chi connectivity index (χ0) is 44.1. The number of hydrogen-bond acceptors (Lipinski definition) is 2. The molecule has 1 aromatic heterocycles. The lowest BCUT2D eigenvalue weighted by Crippen LogP contribution is -2.26. The van der Waals surface area contributed by atoms with Gasteiger partial charge in [0.2, 0.25) is 0 Å². The van der Waals surface area contributed by atoms with E-state index < -0.39 is 5.41 Å². The third kappa shape index (κ3) is 5.48. The zero-order valence-electron chi connectivity index (χ0n) is 36.5. The predicted molar refractivity (Wildman–Crippen MR) is 284 cm³/mol. The first-order chi connectivity index (χ1) is 33.3. The monoisotopic (exact) mass is 867 g/mol. The van der Waals surface area contributed by atoms with Crippen molar-refractivity contribution < 1.29 is 0 Å². The molecule has 1 heterocycles. The highest BCUT2D eigenvalue weighted by Gasteiger charge is 2.53. The molecule has 312 valence electrons. The molecule has 0 bridgehead atoms. The third-order valence-electron chi connectivity index (χ3n) is 14.5. The van der Waals surface area contributed by atoms with Crippen LogP contribution >= 0.6 is 11.3 Å². The Morgan fingerprint density at radius 3 is 1.42 bits per heavy atom. The highest BCUT2D eigenvalue weighted by atomic mass is 32.1. The van der Waals surface area contributed by atoms with Gasteiger partial charge in [-0.25, -0.2) is 0 Å². The van der Waals surface area contributed by atoms with E-state index in [0.29, 0.717) is 0 Å². The van der Waals surface area contributed by atoms with Gasteiger partial charge in [-0.3, -0.25) is 0 Å². The van der Waals surface area contributed by atoms with Gasteiger partial charge in [-0.15, -0.1) is 11.3 Å². The third-order valence-corrected chi connectivity index (χ3v) is 15.7. The minimum Gasteiger partial charge on any atom is -0.309 e. The molecular weight excluding hydrogens is 827 g/mol. The van der Waals surface area contributed by atoms with Crippen LogP contribution in [0.3, 0.4) is 0 Å². The number of thiophene rings is 1. The zero-order valence-corrected chi connectivity index (χ0v) is 37.3. The van der Waals surface area contributed by atoms with Gasteiger partial charge in [-0.2, -0.15) is 0 Å². The molecule has 2 aliphatic carbocycles. The first kappa shape index (κ1) is 38.0. The largest absolute Gasteiger partial charge is 0.309 e. The van der Waals surface area contributed by atoms with Gasteiger partial charge >= 0.3 is 0 Å². The average molecular weight is 868 g/mol. The molecular formula is C65H41NS. The molecule has 0 N–H and O–H groups in total. The van der Waals surface area contributed by atoms with E-state index in [-0.39, 0.29) is 0 Å². The lowest BCUT2D eigenvalue weighted by Gasteiger charge is -2.34. The average Bonchev–Trinajstić information content (AvgIpc) is 4.04. The van der Waals surface area contributed by atoms with E-state index in [4.69, 9.17) is 0 Å². The minimum absolute atomic E-state index is 0.516. The van der Waals surface area contributed by atoms with Crippen molar-refractivity contribution in [3.05, 3.63) is 271 Å². The molecule has 0 aliphatic heterocycles. The number of benzene rings is 11. The van der Waals surface area contributed by atoms with Gasteiger partial charge in [0.1, 0.15) is 0 Å². The molecule has 1 nitrogen and oxygen atoms in total. The molecule has 67 heavy (non-hydrogen) atoms. The SMILES string of the molecule is c1ccc(-c2ccc(N(c3ccc(-c4cccc5c4sc4ccccc45)cc3)c3c(-c4ccccc4)c4c(c5ccccc35)C3(c5ccccc5-c5ccccc53)c3ccccc3-4)cc2)cc1. The van der Waals surface area contributed by atoms with Gasteiger partial charge in [-0.05, 0) is 108 Å². The fourth-order valence-corrected chi connectivity index (χ4v) is 13.0. The second-order valence-corrected chi connectivity index (χ2v) is 18.9. The summed E-state index contributed by atoms with van der Waals surface area (Å²) in [5, 5.41) is 5.09. The maximum Gasteiger partial charge on any atom is 0.0731 e. The Kier molecular flexibility index (Phi) is 8.44. The summed E-state index contributed by atoms with van der Waals surface area (Å²) in [4.78, 5) is 2.54. The summed E-state index contributed by atoms with van der Waals surface area (Å²) in [5.74, 6) is 0. The van der Waals surface area contributed by atoms with Crippen LogP contribution in [0.25, 0.3) is 86.6 Å². The Bertz CT molecular complexity index is 3860. The van der Waals surface area contributed by atoms with E-state index in [9.17, 15) is 0 Å². The van der Waals surface area contributed by atoms with Gasteiger partial charge in [0.25, 0.3) is 0 Å². The predicted octanol–water partition coefficient (Wildman–Crippen LogP) is 18.0. The summed E-state index contributed by atoms with van der Waals surface area (Å²) in [6.45, 7) is 0. The summed E-state index contributed by atoms with van der Waals surface area (Å²) >= 11 is 1.88. The Balaban J connectivity index is 1.08. The first-order valence-electron chi connectivity index (χ1n) is 23.2. The van der Waals surface area contributed by atoms with Crippen LogP contribution in [0.2, 0.25) is 0 Å². The summed E-state index contributed by atoms with van der Waals surface area (Å²) < 4.78 is 2.64. The summed E-state index contributed by atoms with van der Waals surface area (Å²) in [6.07, 6.45) is 0. The second-order valence-electron chi connectivity index (χ2n) is 17.8. The number of nitrogens with zero attached hydrogens (tertiary/aromatic N) is 1. The van der Waals surface area contributed by atoms with Crippen molar-refractivity contribution in [1.82, 2.24) is 0 Å². The summed E-state index contributed by atoms with van der Waals surface area (Å²) in [6, 6.07) is 92.6. The normalized spacial score (nSPS) is 12.9. The van der Waals surface area contributed by atoms with Crippen LogP contribution in [0.5, 0.6) is 0 Å². The molecule has 0 radical (unpaired) electrons. The molecule has 0 saturated carbocycles. The molecule has 0 amide bonds. The van der Waals surface area contributed by atoms with Crippen molar-refractivity contribution in [1.29, 1.82) is 0 Å². The van der Waals surface area contributed by atoms with Crippen LogP contribution in [0.1, 0.15) is 22.3 Å². The quantitative estimate of drug-likeness (QED) is 0.161. The molecule has 1 spiro atoms. The standard InChI is InChI=1S/C65H41NS/c1-3-18-42(19-4-1)43-34-38-46(39-35-43)66(47-40-36-44(37-41-47)48-28-17-29-54-51-24-12-16-33-59(51)67-64(48)54)63-53-26-8-7-25-52(53)62-61(60(63)45-20-5-2-6-21-45)55-27-11-15-32-58(55)65(62)56-30-13-9-22-49(56)50-23-10-14-31-57(50)65/h1-41H. The summed E-state index contributed by atoms with van der Waals surface area (Å²) in [7, 11) is 0. The molecule has 12 aromatic rings. The molecule has 0 atom stereocenters. The van der Waals surface area contributed by atoms with E-state index >= 15 is 0 Å². The van der Waals surface area contributed by atoms with Gasteiger partial charge in [-0.1, -0.05) is 218 Å². The molecule has 14 rings (SSSR count). The number of hydrogen-bond donors (Lipinski definition) is 0. The van der Waals surface area contributed by atoms with E-state index in [1.807, 2.05) is 11.3 Å². The van der Waals surface area contributed by atoms with Crippen LogP contribution in [0.15, 0.2) is 249 Å². The van der Waals surface area contributed by atoms with Crippen molar-refractivity contribution in [3.8, 4) is 55.6 Å². The fraction of sp³-hybridized carbons (Fsp3) is 0.0154. The van der Waals surface area contributed by atoms with Gasteiger partial charge in [0.05, 0.1) is 11.1 Å². The molecule has 2 aliphatic rings. The van der Waals surface area contributed by atoms with Crippen molar-refractivity contribution in [3.63, 3.8) is 0 Å². The fourth-order valence-electron chi connectivity index (χ4n) is 11.8. The molecule has 0 fully saturated rings. The lowest BCUT2D eigenvalue weighted by molar-refractivity contribution is 0.801. The molecule has 11 aromatic carbocycles. The lowest BCUT2D eigenvalue weighted by atomic mass is 9.69. The van der Waals surface area contributed by atoms with E-state index in [1.165, 1.54) is 115 Å². The van der Waals surface area contributed by atoms with Crippen LogP contribution in [-0.4, -0.2) is 0 Å². The molecule has 0 saturated heterocycles. The number of anilines is 3. The molecule has 2 heteroatoms. The van der Waals surface area contributed by atoms with Crippen molar-refractivity contribution in [2.24, 2.45) is 0 Å². The second kappa shape index (κ2) is 14.9. The summed E-state index contributed by atoms with van der Waals surface area (Å²) in [5.41, 5.74) is 20.7. The number of rotatable bonds is 6. The van der Waals surface area contributed by atoms with Gasteiger partial charge in [0, 0.05) is 42.5 Å². The van der Waals surface area contributed by atoms with Crippen molar-refractivity contribution in [2.45, 2.75) is 5.41 Å². The van der Waals surface area contributed by atoms with E-state index in [1.54, 1.807) is 0 Å². The smallest absolute Gasteiger partial charge is 0.0731 e. The maximum absolute atomic E-state index is 2.54. The Morgan fingerprint density at radius 1 is 0.299 bits per heavy atom. The van der Waals surface area contributed by atoms with Crippen LogP contribution in [0, 0.1) is 0 Å². The topological polar surface area (TPSA) is 3.24 Å². The van der Waals surface area contributed by atoms with Crippen LogP contribution in [0.4, 0.5) is 17.1 Å². The van der Waals surface area contributed by atoms with Crippen LogP contribution < -0.4 is 4.90 Å². The Morgan fingerprint density at radius 2 is 0.761 bits per heavy atom. The first-order valence-corrected chi connectivity index (χ1v) is 24.0. The van der Waals surface area contributed by atoms with E-state index in [0.717, 1.165) is 11.4 Å². The van der Waals surface area contributed by atoms with E-state index in [2.05, 4.69) is 254 Å². The maximum atomic E-state index is 2.54. The molecule has 0 unspecified atom stereocenters. The Labute approximate surface area is 394 Å². The highest BCUT2D eigenvalue weighted by Crippen LogP contribution is 2.67. The van der Waals surface area contributed by atoms with Crippen molar-refractivity contribution >= 4 is 59.3 Å². The Hall–Kier alpha value is -8.30. The number of fused-ring (bicyclic) bond motifs is 15. The van der Waals surface area contributed by atoms with Crippen molar-refractivity contribution in [2.75, 3.05) is 4.90 Å². The highest BCUT2D eigenvalue weighted by molar-refractivity contribution is 7.26. The van der Waals surface area contributed by atoms with Crippen LogP contribution in [-0.2, 0) is 5.41 Å².